The number of amides is 3. The third-order valence-electron chi connectivity index (χ3n) is 5.51. The number of fused-ring (bicyclic) bond motifs is 1. The fourth-order valence-electron chi connectivity index (χ4n) is 3.51. The maximum atomic E-state index is 13.1. The molecule has 0 saturated carbocycles. The molecule has 1 aromatic carbocycles. The molecule has 2 aliphatic rings. The Morgan fingerprint density at radius 2 is 2.00 bits per heavy atom. The van der Waals surface area contributed by atoms with Crippen LogP contribution in [0.1, 0.15) is 25.8 Å². The summed E-state index contributed by atoms with van der Waals surface area (Å²) in [5, 5.41) is 3.01. The predicted molar refractivity (Wildman–Crippen MR) is 98.3 cm³/mol. The molecular weight excluding hydrogens is 316 g/mol. The minimum absolute atomic E-state index is 0.0322. The van der Waals surface area contributed by atoms with Crippen LogP contribution >= 0.6 is 0 Å². The molecule has 25 heavy (non-hydrogen) atoms. The van der Waals surface area contributed by atoms with Gasteiger partial charge in [-0.2, -0.15) is 0 Å². The van der Waals surface area contributed by atoms with E-state index in [2.05, 4.69) is 17.1 Å². The van der Waals surface area contributed by atoms with Gasteiger partial charge in [0.2, 0.25) is 5.91 Å². The Morgan fingerprint density at radius 1 is 1.32 bits per heavy atom. The number of hydrogen-bond acceptors (Lipinski definition) is 3. The minimum Gasteiger partial charge on any atom is -0.324 e. The summed E-state index contributed by atoms with van der Waals surface area (Å²) >= 11 is 0. The molecule has 6 heteroatoms. The van der Waals surface area contributed by atoms with Gasteiger partial charge in [-0.1, -0.05) is 38.5 Å². The summed E-state index contributed by atoms with van der Waals surface area (Å²) in [6, 6.07) is 7.67. The Kier molecular flexibility index (Phi) is 4.99. The highest BCUT2D eigenvalue weighted by molar-refractivity contribution is 5.98. The van der Waals surface area contributed by atoms with Gasteiger partial charge in [0.15, 0.2) is 0 Å². The van der Waals surface area contributed by atoms with Gasteiger partial charge in [0.1, 0.15) is 6.04 Å². The lowest BCUT2D eigenvalue weighted by atomic mass is 9.96. The number of benzene rings is 1. The molecule has 1 aromatic rings. The first-order chi connectivity index (χ1) is 11.9. The number of rotatable bonds is 3. The van der Waals surface area contributed by atoms with Crippen LogP contribution in [0.2, 0.25) is 0 Å². The zero-order valence-electron chi connectivity index (χ0n) is 15.5. The number of nitrogens with one attached hydrogen (secondary N) is 1. The number of nitrogens with zero attached hydrogens (tertiary/aromatic N) is 3. The summed E-state index contributed by atoms with van der Waals surface area (Å²) in [4.78, 5) is 31.8. The number of para-hydroxylation sites is 1. The number of carbonyl (C=O) groups excluding carboxylic acids is 2. The average molecular weight is 344 g/mol. The maximum Gasteiger partial charge on any atom is 0.321 e. The minimum atomic E-state index is -0.441. The van der Waals surface area contributed by atoms with E-state index >= 15 is 0 Å². The molecule has 136 valence electrons. The van der Waals surface area contributed by atoms with Crippen LogP contribution in [0.3, 0.4) is 0 Å². The number of likely N-dealkylation sites (N-methyl/N-ethyl adjacent to an activating group) is 1. The van der Waals surface area contributed by atoms with E-state index in [0.29, 0.717) is 12.6 Å². The SMILES string of the molecule is CCC(C)C1C(=O)Nc2ccccc2CN1C(=O)N1CC(N(C)C)C1. The molecule has 0 spiro atoms. The highest BCUT2D eigenvalue weighted by Crippen LogP contribution is 2.29. The summed E-state index contributed by atoms with van der Waals surface area (Å²) in [6.07, 6.45) is 0.846. The van der Waals surface area contributed by atoms with Crippen molar-refractivity contribution in [1.82, 2.24) is 14.7 Å². The first-order valence-electron chi connectivity index (χ1n) is 9.03. The largest absolute Gasteiger partial charge is 0.324 e. The van der Waals surface area contributed by atoms with Gasteiger partial charge < -0.3 is 20.0 Å². The number of likely N-dealkylation sites (tertiary alicyclic amines) is 1. The molecule has 1 saturated heterocycles. The van der Waals surface area contributed by atoms with E-state index in [0.717, 1.165) is 30.8 Å². The lowest BCUT2D eigenvalue weighted by Gasteiger charge is -2.46. The zero-order chi connectivity index (χ0) is 18.1. The molecule has 3 rings (SSSR count). The first-order valence-corrected chi connectivity index (χ1v) is 9.03. The van der Waals surface area contributed by atoms with Crippen LogP contribution in [-0.4, -0.2) is 65.9 Å². The molecule has 2 aliphatic heterocycles. The van der Waals surface area contributed by atoms with Crippen molar-refractivity contribution in [3.05, 3.63) is 29.8 Å². The van der Waals surface area contributed by atoms with Gasteiger partial charge in [-0.3, -0.25) is 4.79 Å². The van der Waals surface area contributed by atoms with E-state index < -0.39 is 6.04 Å². The van der Waals surface area contributed by atoms with Gasteiger partial charge >= 0.3 is 6.03 Å². The van der Waals surface area contributed by atoms with Crippen molar-refractivity contribution < 1.29 is 9.59 Å². The fourth-order valence-corrected chi connectivity index (χ4v) is 3.51. The summed E-state index contributed by atoms with van der Waals surface area (Å²) in [6.45, 7) is 6.01. The third-order valence-corrected chi connectivity index (χ3v) is 5.51. The summed E-state index contributed by atoms with van der Waals surface area (Å²) in [7, 11) is 4.06. The van der Waals surface area contributed by atoms with Crippen LogP contribution in [-0.2, 0) is 11.3 Å². The van der Waals surface area contributed by atoms with Crippen LogP contribution in [0, 0.1) is 5.92 Å². The molecule has 1 N–H and O–H groups in total. The topological polar surface area (TPSA) is 55.9 Å². The van der Waals surface area contributed by atoms with E-state index in [1.54, 1.807) is 4.90 Å². The molecule has 0 aliphatic carbocycles. The molecule has 0 aromatic heterocycles. The van der Waals surface area contributed by atoms with Gasteiger partial charge in [-0.15, -0.1) is 0 Å². The summed E-state index contributed by atoms with van der Waals surface area (Å²) < 4.78 is 0. The zero-order valence-corrected chi connectivity index (χ0v) is 15.5. The Bertz CT molecular complexity index is 655. The highest BCUT2D eigenvalue weighted by Gasteiger charge is 2.41. The number of urea groups is 1. The smallest absolute Gasteiger partial charge is 0.321 e. The predicted octanol–water partition coefficient (Wildman–Crippen LogP) is 2.22. The molecule has 2 atom stereocenters. The Morgan fingerprint density at radius 3 is 2.64 bits per heavy atom. The Balaban J connectivity index is 1.87. The van der Waals surface area contributed by atoms with Crippen molar-refractivity contribution in [3.63, 3.8) is 0 Å². The molecule has 6 nitrogen and oxygen atoms in total. The molecular formula is C19H28N4O2. The van der Waals surface area contributed by atoms with E-state index in [1.807, 2.05) is 50.2 Å². The van der Waals surface area contributed by atoms with Crippen molar-refractivity contribution in [2.45, 2.75) is 38.9 Å². The third kappa shape index (κ3) is 3.35. The Labute approximate surface area is 149 Å². The summed E-state index contributed by atoms with van der Waals surface area (Å²) in [5.41, 5.74) is 1.80. The average Bonchev–Trinajstić information content (AvgIpc) is 2.68. The van der Waals surface area contributed by atoms with Gasteiger partial charge in [0.25, 0.3) is 0 Å². The van der Waals surface area contributed by atoms with E-state index in [9.17, 15) is 9.59 Å². The second kappa shape index (κ2) is 7.04. The molecule has 3 amide bonds. The lowest BCUT2D eigenvalue weighted by molar-refractivity contribution is -0.122. The molecule has 2 unspecified atom stereocenters. The van der Waals surface area contributed by atoms with E-state index in [1.165, 1.54) is 0 Å². The van der Waals surface area contributed by atoms with Gasteiger partial charge in [0, 0.05) is 24.8 Å². The normalized spacial score (nSPS) is 22.1. The Hall–Kier alpha value is -2.08. The van der Waals surface area contributed by atoms with E-state index in [-0.39, 0.29) is 17.9 Å². The van der Waals surface area contributed by atoms with Crippen LogP contribution < -0.4 is 5.32 Å². The second-order valence-corrected chi connectivity index (χ2v) is 7.41. The standard InChI is InChI=1S/C19H28N4O2/c1-5-13(2)17-18(24)20-16-9-7-6-8-14(16)10-23(17)19(25)22-11-15(12-22)21(3)4/h6-9,13,15,17H,5,10-12H2,1-4H3,(H,20,24). The van der Waals surface area contributed by atoms with Crippen LogP contribution in [0.5, 0.6) is 0 Å². The van der Waals surface area contributed by atoms with Crippen molar-refractivity contribution in [2.24, 2.45) is 5.92 Å². The summed E-state index contributed by atoms with van der Waals surface area (Å²) in [5.74, 6) is 0.0153. The van der Waals surface area contributed by atoms with Gasteiger partial charge in [-0.25, -0.2) is 4.79 Å². The van der Waals surface area contributed by atoms with Crippen molar-refractivity contribution in [1.29, 1.82) is 0 Å². The molecule has 1 fully saturated rings. The van der Waals surface area contributed by atoms with Crippen molar-refractivity contribution >= 4 is 17.6 Å². The van der Waals surface area contributed by atoms with Gasteiger partial charge in [-0.05, 0) is 31.6 Å². The van der Waals surface area contributed by atoms with E-state index in [4.69, 9.17) is 0 Å². The highest BCUT2D eigenvalue weighted by atomic mass is 16.2. The van der Waals surface area contributed by atoms with Gasteiger partial charge in [0.05, 0.1) is 6.54 Å². The molecule has 0 radical (unpaired) electrons. The lowest BCUT2D eigenvalue weighted by Crippen LogP contribution is -2.64. The monoisotopic (exact) mass is 344 g/mol. The quantitative estimate of drug-likeness (QED) is 0.915. The fraction of sp³-hybridized carbons (Fsp3) is 0.579. The number of carbonyl (C=O) groups is 2. The molecule has 0 bridgehead atoms. The van der Waals surface area contributed by atoms with Crippen LogP contribution in [0.15, 0.2) is 24.3 Å². The van der Waals surface area contributed by atoms with Crippen molar-refractivity contribution in [3.8, 4) is 0 Å². The maximum absolute atomic E-state index is 13.1. The second-order valence-electron chi connectivity index (χ2n) is 7.41. The van der Waals surface area contributed by atoms with Crippen LogP contribution in [0.25, 0.3) is 0 Å². The number of anilines is 1. The molecule has 2 heterocycles. The first kappa shape index (κ1) is 17.7. The van der Waals surface area contributed by atoms with Crippen molar-refractivity contribution in [2.75, 3.05) is 32.5 Å². The van der Waals surface area contributed by atoms with Crippen LogP contribution in [0.4, 0.5) is 10.5 Å². The number of hydrogen-bond donors (Lipinski definition) is 1.